The van der Waals surface area contributed by atoms with Gasteiger partial charge in [0.1, 0.15) is 11.9 Å². The number of tetrazole rings is 1. The molecular weight excluding hydrogens is 287 g/mol. The number of aliphatic hydroxyl groups is 1. The predicted octanol–water partition coefficient (Wildman–Crippen LogP) is 1.40. The summed E-state index contributed by atoms with van der Waals surface area (Å²) in [6.45, 7) is 0. The van der Waals surface area contributed by atoms with Crippen LogP contribution in [0.5, 0.6) is 0 Å². The zero-order chi connectivity index (χ0) is 15.4. The van der Waals surface area contributed by atoms with Crippen LogP contribution in [0.3, 0.4) is 0 Å². The zero-order valence-electron chi connectivity index (χ0n) is 11.4. The lowest BCUT2D eigenvalue weighted by Crippen LogP contribution is -1.95. The van der Waals surface area contributed by atoms with E-state index in [4.69, 9.17) is 0 Å². The fourth-order valence-corrected chi connectivity index (χ4v) is 1.95. The molecule has 0 amide bonds. The van der Waals surface area contributed by atoms with Crippen molar-refractivity contribution in [2.75, 3.05) is 0 Å². The molecule has 1 aromatic carbocycles. The van der Waals surface area contributed by atoms with E-state index < -0.39 is 6.10 Å². The van der Waals surface area contributed by atoms with Crippen LogP contribution in [0.25, 0.3) is 6.08 Å². The molecule has 0 saturated carbocycles. The Morgan fingerprint density at radius 1 is 1.23 bits per heavy atom. The maximum atomic E-state index is 12.9. The summed E-state index contributed by atoms with van der Waals surface area (Å²) >= 11 is 0. The molecule has 2 heterocycles. The van der Waals surface area contributed by atoms with Gasteiger partial charge in [-0.2, -0.15) is 10.3 Å². The lowest BCUT2D eigenvalue weighted by Gasteiger charge is -1.97. The molecule has 0 aliphatic carbocycles. The van der Waals surface area contributed by atoms with Gasteiger partial charge in [-0.25, -0.2) is 4.39 Å². The number of nitrogens with one attached hydrogen (secondary N) is 2. The van der Waals surface area contributed by atoms with Gasteiger partial charge in [0.05, 0.1) is 5.69 Å². The topological polar surface area (TPSA) is 103 Å². The van der Waals surface area contributed by atoms with Gasteiger partial charge in [-0.15, -0.1) is 10.2 Å². The molecule has 3 N–H and O–H groups in total. The van der Waals surface area contributed by atoms with Gasteiger partial charge < -0.3 is 5.11 Å². The summed E-state index contributed by atoms with van der Waals surface area (Å²) in [6.07, 6.45) is 2.85. The minimum absolute atomic E-state index is 0.193. The number of rotatable bonds is 5. The SMILES string of the molecule is OC(C=Cc1cc(Cc2ccc(F)cc2)[nH]n1)c1nn[nH]n1. The fourth-order valence-electron chi connectivity index (χ4n) is 1.95. The second-order valence-electron chi connectivity index (χ2n) is 4.70. The van der Waals surface area contributed by atoms with Gasteiger partial charge in [0.2, 0.25) is 5.82 Å². The van der Waals surface area contributed by atoms with Gasteiger partial charge in [0.15, 0.2) is 0 Å². The number of aromatic nitrogens is 6. The van der Waals surface area contributed by atoms with E-state index in [1.807, 2.05) is 6.07 Å². The molecule has 2 aromatic heterocycles. The second-order valence-corrected chi connectivity index (χ2v) is 4.70. The smallest absolute Gasteiger partial charge is 0.206 e. The molecule has 0 fully saturated rings. The van der Waals surface area contributed by atoms with Crippen molar-refractivity contribution >= 4 is 6.08 Å². The summed E-state index contributed by atoms with van der Waals surface area (Å²) in [4.78, 5) is 0. The van der Waals surface area contributed by atoms with E-state index >= 15 is 0 Å². The molecule has 0 saturated heterocycles. The molecule has 112 valence electrons. The second kappa shape index (κ2) is 6.27. The first-order valence-electron chi connectivity index (χ1n) is 6.59. The molecule has 1 unspecified atom stereocenters. The van der Waals surface area contributed by atoms with Crippen LogP contribution in [-0.4, -0.2) is 35.9 Å². The average Bonchev–Trinajstić information content (AvgIpc) is 3.19. The number of nitrogens with zero attached hydrogens (tertiary/aromatic N) is 4. The van der Waals surface area contributed by atoms with E-state index in [9.17, 15) is 9.50 Å². The van der Waals surface area contributed by atoms with Crippen molar-refractivity contribution < 1.29 is 9.50 Å². The molecular formula is C14H13FN6O. The Kier molecular flexibility index (Phi) is 4.01. The van der Waals surface area contributed by atoms with Gasteiger partial charge >= 0.3 is 0 Å². The normalized spacial score (nSPS) is 12.8. The largest absolute Gasteiger partial charge is 0.381 e. The Labute approximate surface area is 124 Å². The van der Waals surface area contributed by atoms with Crippen LogP contribution in [0.1, 0.15) is 28.9 Å². The zero-order valence-corrected chi connectivity index (χ0v) is 11.4. The predicted molar refractivity (Wildman–Crippen MR) is 76.0 cm³/mol. The van der Waals surface area contributed by atoms with Gasteiger partial charge in [0.25, 0.3) is 0 Å². The van der Waals surface area contributed by atoms with Crippen LogP contribution in [-0.2, 0) is 6.42 Å². The van der Waals surface area contributed by atoms with Crippen LogP contribution in [0.15, 0.2) is 36.4 Å². The Bertz CT molecular complexity index is 750. The van der Waals surface area contributed by atoms with Crippen molar-refractivity contribution in [3.05, 3.63) is 65.0 Å². The van der Waals surface area contributed by atoms with E-state index in [0.717, 1.165) is 11.3 Å². The quantitative estimate of drug-likeness (QED) is 0.661. The van der Waals surface area contributed by atoms with Crippen LogP contribution in [0.2, 0.25) is 0 Å². The first kappa shape index (κ1) is 14.1. The number of benzene rings is 1. The van der Waals surface area contributed by atoms with Gasteiger partial charge in [-0.3, -0.25) is 5.10 Å². The average molecular weight is 300 g/mol. The van der Waals surface area contributed by atoms with E-state index in [0.29, 0.717) is 12.1 Å². The van der Waals surface area contributed by atoms with Crippen molar-refractivity contribution in [1.82, 2.24) is 30.8 Å². The molecule has 7 nitrogen and oxygen atoms in total. The van der Waals surface area contributed by atoms with Gasteiger partial charge in [-0.1, -0.05) is 17.3 Å². The van der Waals surface area contributed by atoms with Crippen LogP contribution < -0.4 is 0 Å². The molecule has 22 heavy (non-hydrogen) atoms. The van der Waals surface area contributed by atoms with Crippen molar-refractivity contribution in [2.24, 2.45) is 0 Å². The molecule has 0 aliphatic rings. The van der Waals surface area contributed by atoms with Crippen LogP contribution in [0, 0.1) is 5.82 Å². The number of aliphatic hydroxyl groups excluding tert-OH is 1. The Morgan fingerprint density at radius 3 is 2.77 bits per heavy atom. The number of aromatic amines is 2. The molecule has 0 spiro atoms. The lowest BCUT2D eigenvalue weighted by atomic mass is 10.1. The van der Waals surface area contributed by atoms with E-state index in [1.54, 1.807) is 18.2 Å². The summed E-state index contributed by atoms with van der Waals surface area (Å²) in [5.41, 5.74) is 2.53. The number of halogens is 1. The van der Waals surface area contributed by atoms with Crippen molar-refractivity contribution in [1.29, 1.82) is 0 Å². The van der Waals surface area contributed by atoms with Crippen LogP contribution in [0.4, 0.5) is 4.39 Å². The summed E-state index contributed by atoms with van der Waals surface area (Å²) in [5.74, 6) is -0.0641. The summed E-state index contributed by atoms with van der Waals surface area (Å²) in [7, 11) is 0. The number of H-pyrrole nitrogens is 2. The molecule has 8 heteroatoms. The fraction of sp³-hybridized carbons (Fsp3) is 0.143. The molecule has 0 radical (unpaired) electrons. The first-order chi connectivity index (χ1) is 10.7. The highest BCUT2D eigenvalue weighted by Crippen LogP contribution is 2.12. The molecule has 1 atom stereocenters. The highest BCUT2D eigenvalue weighted by Gasteiger charge is 2.08. The van der Waals surface area contributed by atoms with Crippen LogP contribution >= 0.6 is 0 Å². The third-order valence-electron chi connectivity index (χ3n) is 3.03. The first-order valence-corrected chi connectivity index (χ1v) is 6.59. The standard InChI is InChI=1S/C14H13FN6O/c15-10-3-1-9(2-4-10)7-12-8-11(16-17-12)5-6-13(22)14-18-20-21-19-14/h1-6,8,13,22H,7H2,(H,16,17)(H,18,19,20,21). The third kappa shape index (κ3) is 3.41. The van der Waals surface area contributed by atoms with E-state index in [2.05, 4.69) is 30.8 Å². The maximum Gasteiger partial charge on any atom is 0.206 e. The van der Waals surface area contributed by atoms with E-state index in [1.165, 1.54) is 18.2 Å². The Hall–Kier alpha value is -2.87. The van der Waals surface area contributed by atoms with Crippen molar-refractivity contribution in [3.8, 4) is 0 Å². The van der Waals surface area contributed by atoms with Crippen molar-refractivity contribution in [2.45, 2.75) is 12.5 Å². The molecule has 3 aromatic rings. The monoisotopic (exact) mass is 300 g/mol. The Balaban J connectivity index is 1.64. The number of hydrogen-bond acceptors (Lipinski definition) is 5. The van der Waals surface area contributed by atoms with Gasteiger partial charge in [0, 0.05) is 12.1 Å². The Morgan fingerprint density at radius 2 is 2.05 bits per heavy atom. The van der Waals surface area contributed by atoms with Gasteiger partial charge in [-0.05, 0) is 35.9 Å². The maximum absolute atomic E-state index is 12.9. The highest BCUT2D eigenvalue weighted by atomic mass is 19.1. The molecule has 0 bridgehead atoms. The number of hydrogen-bond donors (Lipinski definition) is 3. The minimum atomic E-state index is -0.948. The highest BCUT2D eigenvalue weighted by molar-refractivity contribution is 5.46. The lowest BCUT2D eigenvalue weighted by molar-refractivity contribution is 0.219. The van der Waals surface area contributed by atoms with Crippen molar-refractivity contribution in [3.63, 3.8) is 0 Å². The minimum Gasteiger partial charge on any atom is -0.381 e. The summed E-state index contributed by atoms with van der Waals surface area (Å²) < 4.78 is 12.9. The third-order valence-corrected chi connectivity index (χ3v) is 3.03. The van der Waals surface area contributed by atoms with E-state index in [-0.39, 0.29) is 11.6 Å². The molecule has 0 aliphatic heterocycles. The summed E-state index contributed by atoms with van der Waals surface area (Å²) in [6, 6.07) is 8.15. The molecule has 3 rings (SSSR count). The summed E-state index contributed by atoms with van der Waals surface area (Å²) in [5, 5.41) is 29.8.